The van der Waals surface area contributed by atoms with Gasteiger partial charge in [0.15, 0.2) is 0 Å². The number of phosphoric acid groups is 1. The number of carbonyl (C=O) groups excluding carboxylic acids is 1. The molecule has 0 saturated carbocycles. The summed E-state index contributed by atoms with van der Waals surface area (Å²) in [5.74, 6) is 0. The molecule has 0 fully saturated rings. The van der Waals surface area contributed by atoms with E-state index in [2.05, 4.69) is 43.3 Å². The number of amides is 1. The summed E-state index contributed by atoms with van der Waals surface area (Å²) in [7, 11) is -1.95. The SMILES string of the molecule is C=CC(/C=C\C)=C(\C=C/C)N=C.CN.COC(=O)NCCOP(=O)(O)OF. The molecule has 0 rings (SSSR count). The summed E-state index contributed by atoms with van der Waals surface area (Å²) in [6.07, 6.45) is 8.78. The van der Waals surface area contributed by atoms with E-state index in [0.717, 1.165) is 18.4 Å². The molecule has 0 spiro atoms. The van der Waals surface area contributed by atoms with Gasteiger partial charge in [-0.15, -0.1) is 0 Å². The van der Waals surface area contributed by atoms with Crippen LogP contribution in [0.15, 0.2) is 53.2 Å². The van der Waals surface area contributed by atoms with Crippen molar-refractivity contribution in [2.75, 3.05) is 27.3 Å². The smallest absolute Gasteiger partial charge is 0.453 e. The molecule has 156 valence electrons. The number of phosphoric ester groups is 1. The lowest BCUT2D eigenvalue weighted by Gasteiger charge is -2.06. The minimum atomic E-state index is -4.60. The minimum Gasteiger partial charge on any atom is -0.453 e. The van der Waals surface area contributed by atoms with Crippen LogP contribution >= 0.6 is 7.82 Å². The Labute approximate surface area is 159 Å². The Morgan fingerprint density at radius 3 is 2.26 bits per heavy atom. The maximum atomic E-state index is 11.2. The predicted octanol–water partition coefficient (Wildman–Crippen LogP) is 3.21. The van der Waals surface area contributed by atoms with Gasteiger partial charge in [0.05, 0.1) is 19.4 Å². The van der Waals surface area contributed by atoms with Crippen LogP contribution in [0.1, 0.15) is 13.8 Å². The van der Waals surface area contributed by atoms with E-state index in [1.54, 1.807) is 6.08 Å². The van der Waals surface area contributed by atoms with Crippen LogP contribution in [-0.2, 0) is 18.6 Å². The third-order valence-corrected chi connectivity index (χ3v) is 2.94. The number of hydrogen-bond acceptors (Lipinski definition) is 7. The highest BCUT2D eigenvalue weighted by Gasteiger charge is 2.21. The van der Waals surface area contributed by atoms with E-state index in [1.165, 1.54) is 7.05 Å². The maximum absolute atomic E-state index is 11.2. The summed E-state index contributed by atoms with van der Waals surface area (Å²) < 4.78 is 32.3. The van der Waals surface area contributed by atoms with E-state index in [9.17, 15) is 13.9 Å². The molecule has 0 aromatic rings. The van der Waals surface area contributed by atoms with Crippen LogP contribution in [-0.4, -0.2) is 45.0 Å². The average molecular weight is 409 g/mol. The number of nitrogens with two attached hydrogens (primary N) is 1. The normalized spacial score (nSPS) is 13.3. The Bertz CT molecular complexity index is 538. The number of carbonyl (C=O) groups is 1. The van der Waals surface area contributed by atoms with Gasteiger partial charge in [0, 0.05) is 6.54 Å². The van der Waals surface area contributed by atoms with Crippen molar-refractivity contribution in [2.45, 2.75) is 13.8 Å². The Balaban J connectivity index is -0.000000391. The number of ether oxygens (including phenoxy) is 1. The lowest BCUT2D eigenvalue weighted by molar-refractivity contribution is -0.0475. The van der Waals surface area contributed by atoms with Crippen molar-refractivity contribution in [1.29, 1.82) is 0 Å². The molecule has 0 aliphatic carbocycles. The number of nitrogens with one attached hydrogen (secondary N) is 1. The zero-order valence-corrected chi connectivity index (χ0v) is 16.9. The topological polar surface area (TPSA) is 132 Å². The van der Waals surface area contributed by atoms with Gasteiger partial charge in [-0.1, -0.05) is 35.6 Å². The third kappa shape index (κ3) is 18.5. The molecule has 0 aliphatic heterocycles. The van der Waals surface area contributed by atoms with Crippen LogP contribution in [0.3, 0.4) is 0 Å². The second-order valence-corrected chi connectivity index (χ2v) is 5.33. The van der Waals surface area contributed by atoms with E-state index >= 15 is 0 Å². The fourth-order valence-electron chi connectivity index (χ4n) is 1.24. The van der Waals surface area contributed by atoms with E-state index in [0.29, 0.717) is 0 Å². The molecule has 4 N–H and O–H groups in total. The molecular formula is C16H29FN3O6P. The van der Waals surface area contributed by atoms with Crippen molar-refractivity contribution in [3.63, 3.8) is 0 Å². The van der Waals surface area contributed by atoms with Crippen LogP contribution in [0.2, 0.25) is 0 Å². The molecule has 1 unspecified atom stereocenters. The number of halogens is 1. The molecule has 0 heterocycles. The molecule has 1 amide bonds. The lowest BCUT2D eigenvalue weighted by atomic mass is 10.2. The van der Waals surface area contributed by atoms with E-state index < -0.39 is 13.9 Å². The van der Waals surface area contributed by atoms with E-state index in [4.69, 9.17) is 4.89 Å². The number of nitrogens with zero attached hydrogens (tertiary/aromatic N) is 1. The monoisotopic (exact) mass is 409 g/mol. The third-order valence-electron chi connectivity index (χ3n) is 2.26. The summed E-state index contributed by atoms with van der Waals surface area (Å²) in [6.45, 7) is 10.6. The van der Waals surface area contributed by atoms with Crippen LogP contribution < -0.4 is 11.1 Å². The quantitative estimate of drug-likeness (QED) is 0.230. The van der Waals surface area contributed by atoms with Crippen LogP contribution in [0.5, 0.6) is 0 Å². The van der Waals surface area contributed by atoms with Gasteiger partial charge in [0.2, 0.25) is 0 Å². The summed E-state index contributed by atoms with van der Waals surface area (Å²) in [5, 5.41) is 2.13. The molecule has 0 bridgehead atoms. The standard InChI is InChI=1S/C11H15N.C4H9FNO6P.CH5N/c1-5-8-10(7-3)11(12-4)9-6-2;1-10-4(7)6-2-3-11-13(8,9)12-5;1-2/h5-9H,3-4H2,1-2H3;2-3H2,1H3,(H,6,7)(H,8,9);2H2,1H3/b8-5-,9-6-,11-10-;;. The van der Waals surface area contributed by atoms with Crippen LogP contribution in [0, 0.1) is 0 Å². The van der Waals surface area contributed by atoms with Gasteiger partial charge in [0.25, 0.3) is 0 Å². The largest absolute Gasteiger partial charge is 0.503 e. The molecule has 0 aromatic heterocycles. The van der Waals surface area contributed by atoms with Gasteiger partial charge in [0.1, 0.15) is 0 Å². The molecule has 0 radical (unpaired) electrons. The van der Waals surface area contributed by atoms with Crippen molar-refractivity contribution in [2.24, 2.45) is 10.7 Å². The maximum Gasteiger partial charge on any atom is 0.503 e. The average Bonchev–Trinajstić information content (AvgIpc) is 2.69. The van der Waals surface area contributed by atoms with Gasteiger partial charge in [-0.2, -0.15) is 0 Å². The molecule has 1 atom stereocenters. The predicted molar refractivity (Wildman–Crippen MR) is 105 cm³/mol. The summed E-state index contributed by atoms with van der Waals surface area (Å²) in [6, 6.07) is 0. The van der Waals surface area contributed by atoms with Gasteiger partial charge < -0.3 is 20.7 Å². The number of alkyl carbamates (subject to hydrolysis) is 1. The van der Waals surface area contributed by atoms with Crippen molar-refractivity contribution >= 4 is 20.6 Å². The van der Waals surface area contributed by atoms with E-state index in [-0.39, 0.29) is 13.2 Å². The van der Waals surface area contributed by atoms with Crippen molar-refractivity contribution in [3.05, 3.63) is 48.2 Å². The molecule has 11 heteroatoms. The van der Waals surface area contributed by atoms with Gasteiger partial charge >= 0.3 is 13.9 Å². The molecule has 0 aliphatic rings. The number of hydrogen-bond donors (Lipinski definition) is 3. The van der Waals surface area contributed by atoms with Crippen LogP contribution in [0.4, 0.5) is 9.32 Å². The highest BCUT2D eigenvalue weighted by Crippen LogP contribution is 2.42. The molecule has 0 aromatic carbocycles. The zero-order chi connectivity index (χ0) is 21.7. The fourth-order valence-corrected chi connectivity index (χ4v) is 1.60. The first-order valence-corrected chi connectivity index (χ1v) is 9.07. The first-order valence-electron chi connectivity index (χ1n) is 7.57. The Morgan fingerprint density at radius 2 is 1.89 bits per heavy atom. The summed E-state index contributed by atoms with van der Waals surface area (Å²) in [4.78, 5) is 22.6. The van der Waals surface area contributed by atoms with Gasteiger partial charge in [-0.3, -0.25) is 9.52 Å². The summed E-state index contributed by atoms with van der Waals surface area (Å²) >= 11 is 0. The fraction of sp³-hybridized carbons (Fsp3) is 0.375. The second kappa shape index (κ2) is 20.2. The number of allylic oxidation sites excluding steroid dienone is 6. The van der Waals surface area contributed by atoms with Gasteiger partial charge in [-0.05, 0) is 43.8 Å². The molecule has 0 saturated heterocycles. The Morgan fingerprint density at radius 1 is 1.33 bits per heavy atom. The minimum absolute atomic E-state index is 0.0966. The highest BCUT2D eigenvalue weighted by atomic mass is 31.2. The summed E-state index contributed by atoms with van der Waals surface area (Å²) in [5.41, 5.74) is 6.34. The number of rotatable bonds is 9. The molecular weight excluding hydrogens is 380 g/mol. The zero-order valence-electron chi connectivity index (χ0n) is 16.1. The lowest BCUT2D eigenvalue weighted by Crippen LogP contribution is -2.26. The van der Waals surface area contributed by atoms with E-state index in [1.807, 2.05) is 38.2 Å². The Hall–Kier alpha value is -2.10. The second-order valence-electron chi connectivity index (χ2n) is 3.99. The first kappa shape index (κ1) is 29.7. The first-order chi connectivity index (χ1) is 12.8. The molecule has 9 nitrogen and oxygen atoms in total. The van der Waals surface area contributed by atoms with Gasteiger partial charge in [-0.25, -0.2) is 9.36 Å². The molecule has 27 heavy (non-hydrogen) atoms. The Kier molecular flexibility index (Phi) is 22.2. The highest BCUT2D eigenvalue weighted by molar-refractivity contribution is 7.47. The van der Waals surface area contributed by atoms with Crippen molar-refractivity contribution < 1.29 is 32.8 Å². The van der Waals surface area contributed by atoms with Crippen LogP contribution in [0.25, 0.3) is 0 Å². The number of aliphatic imine (C=N–C) groups is 1. The van der Waals surface area contributed by atoms with Crippen molar-refractivity contribution in [3.8, 4) is 0 Å². The number of methoxy groups -OCH3 is 1. The van der Waals surface area contributed by atoms with Crippen molar-refractivity contribution in [1.82, 2.24) is 5.32 Å².